The van der Waals surface area contributed by atoms with Crippen molar-refractivity contribution in [2.75, 3.05) is 7.11 Å². The lowest BCUT2D eigenvalue weighted by Crippen LogP contribution is -2.32. The molecule has 1 aliphatic carbocycles. The zero-order valence-corrected chi connectivity index (χ0v) is 9.25. The Bertz CT molecular complexity index is 460. The molecule has 0 aliphatic heterocycles. The molecule has 1 saturated carbocycles. The van der Waals surface area contributed by atoms with Gasteiger partial charge in [-0.15, -0.1) is 0 Å². The van der Waals surface area contributed by atoms with Gasteiger partial charge in [0.1, 0.15) is 10.6 Å². The van der Waals surface area contributed by atoms with E-state index in [4.69, 9.17) is 10.5 Å². The number of benzene rings is 1. The molecule has 0 radical (unpaired) electrons. The van der Waals surface area contributed by atoms with Gasteiger partial charge in [0.15, 0.2) is 9.84 Å². The molecule has 0 aromatic heterocycles. The first kappa shape index (κ1) is 10.4. The van der Waals surface area contributed by atoms with Crippen molar-refractivity contribution < 1.29 is 13.2 Å². The first-order valence-electron chi connectivity index (χ1n) is 4.67. The molecule has 5 heteroatoms. The Morgan fingerprint density at radius 2 is 1.80 bits per heavy atom. The van der Waals surface area contributed by atoms with Crippen molar-refractivity contribution in [2.24, 2.45) is 5.73 Å². The van der Waals surface area contributed by atoms with Gasteiger partial charge in [0, 0.05) is 0 Å². The summed E-state index contributed by atoms with van der Waals surface area (Å²) >= 11 is 0. The Morgan fingerprint density at radius 1 is 1.27 bits per heavy atom. The number of rotatable bonds is 3. The van der Waals surface area contributed by atoms with Crippen molar-refractivity contribution in [3.8, 4) is 5.75 Å². The Hall–Kier alpha value is -1.07. The average molecular weight is 227 g/mol. The smallest absolute Gasteiger partial charge is 0.196 e. The SMILES string of the molecule is COc1ccc(S(=O)(=O)C2(N)CC2)cc1. The van der Waals surface area contributed by atoms with Gasteiger partial charge in [-0.25, -0.2) is 8.42 Å². The maximum absolute atomic E-state index is 12.0. The van der Waals surface area contributed by atoms with Crippen LogP contribution in [0.5, 0.6) is 5.75 Å². The topological polar surface area (TPSA) is 69.4 Å². The maximum atomic E-state index is 12.0. The monoisotopic (exact) mass is 227 g/mol. The second-order valence-corrected chi connectivity index (χ2v) is 6.04. The van der Waals surface area contributed by atoms with E-state index in [0.717, 1.165) is 0 Å². The normalized spacial score (nSPS) is 18.5. The minimum atomic E-state index is -3.37. The van der Waals surface area contributed by atoms with Crippen LogP contribution in [0, 0.1) is 0 Å². The van der Waals surface area contributed by atoms with Crippen LogP contribution in [0.3, 0.4) is 0 Å². The van der Waals surface area contributed by atoms with E-state index in [1.165, 1.54) is 19.2 Å². The van der Waals surface area contributed by atoms with Gasteiger partial charge in [0.05, 0.1) is 12.0 Å². The zero-order chi connectivity index (χ0) is 11.1. The molecule has 0 saturated heterocycles. The van der Waals surface area contributed by atoms with Crippen LogP contribution in [0.1, 0.15) is 12.8 Å². The third-order valence-electron chi connectivity index (χ3n) is 2.65. The number of methoxy groups -OCH3 is 1. The van der Waals surface area contributed by atoms with Crippen molar-refractivity contribution in [3.05, 3.63) is 24.3 Å². The van der Waals surface area contributed by atoms with Crippen LogP contribution in [0.25, 0.3) is 0 Å². The second-order valence-electron chi connectivity index (χ2n) is 3.74. The standard InChI is InChI=1S/C10H13NO3S/c1-14-8-2-4-9(5-3-8)15(12,13)10(11)6-7-10/h2-5H,6-7,11H2,1H3. The molecule has 1 aliphatic rings. The van der Waals surface area contributed by atoms with E-state index in [-0.39, 0.29) is 4.90 Å². The molecule has 0 bridgehead atoms. The van der Waals surface area contributed by atoms with Gasteiger partial charge >= 0.3 is 0 Å². The summed E-state index contributed by atoms with van der Waals surface area (Å²) < 4.78 is 28.9. The molecule has 2 N–H and O–H groups in total. The third kappa shape index (κ3) is 1.61. The highest BCUT2D eigenvalue weighted by atomic mass is 32.2. The van der Waals surface area contributed by atoms with Gasteiger partial charge in [0.2, 0.25) is 0 Å². The van der Waals surface area contributed by atoms with Gasteiger partial charge in [0.25, 0.3) is 0 Å². The maximum Gasteiger partial charge on any atom is 0.196 e. The predicted octanol–water partition coefficient (Wildman–Crippen LogP) is 0.918. The van der Waals surface area contributed by atoms with E-state index in [0.29, 0.717) is 18.6 Å². The van der Waals surface area contributed by atoms with Crippen molar-refractivity contribution in [1.82, 2.24) is 0 Å². The summed E-state index contributed by atoms with van der Waals surface area (Å²) in [5.41, 5.74) is 5.71. The van der Waals surface area contributed by atoms with Crippen molar-refractivity contribution in [1.29, 1.82) is 0 Å². The molecule has 0 atom stereocenters. The number of ether oxygens (including phenoxy) is 1. The number of nitrogens with two attached hydrogens (primary N) is 1. The Kier molecular flexibility index (Phi) is 2.24. The Morgan fingerprint density at radius 3 is 2.20 bits per heavy atom. The fourth-order valence-corrected chi connectivity index (χ4v) is 2.98. The lowest BCUT2D eigenvalue weighted by Gasteiger charge is -2.10. The summed E-state index contributed by atoms with van der Waals surface area (Å²) in [5.74, 6) is 0.635. The van der Waals surface area contributed by atoms with Crippen LogP contribution in [-0.2, 0) is 9.84 Å². The van der Waals surface area contributed by atoms with Crippen molar-refractivity contribution >= 4 is 9.84 Å². The third-order valence-corrected chi connectivity index (χ3v) is 5.02. The minimum Gasteiger partial charge on any atom is -0.497 e. The summed E-state index contributed by atoms with van der Waals surface area (Å²) in [5, 5.41) is 0. The summed E-state index contributed by atoms with van der Waals surface area (Å²) in [6.45, 7) is 0. The van der Waals surface area contributed by atoms with Crippen molar-refractivity contribution in [2.45, 2.75) is 22.6 Å². The van der Waals surface area contributed by atoms with Gasteiger partial charge in [-0.1, -0.05) is 0 Å². The molecule has 4 nitrogen and oxygen atoms in total. The average Bonchev–Trinajstić information content (AvgIpc) is 2.98. The Labute approximate surface area is 89.0 Å². The highest BCUT2D eigenvalue weighted by Gasteiger charge is 2.51. The molecule has 2 rings (SSSR count). The van der Waals surface area contributed by atoms with Gasteiger partial charge < -0.3 is 10.5 Å². The molecular weight excluding hydrogens is 214 g/mol. The molecule has 0 spiro atoms. The van der Waals surface area contributed by atoms with Crippen LogP contribution in [0.15, 0.2) is 29.2 Å². The minimum absolute atomic E-state index is 0.267. The largest absolute Gasteiger partial charge is 0.497 e. The zero-order valence-electron chi connectivity index (χ0n) is 8.43. The fourth-order valence-electron chi connectivity index (χ4n) is 1.38. The molecular formula is C10H13NO3S. The summed E-state index contributed by atoms with van der Waals surface area (Å²) in [6, 6.07) is 6.31. The van der Waals surface area contributed by atoms with Gasteiger partial charge in [-0.2, -0.15) is 0 Å². The van der Waals surface area contributed by atoms with Crippen LogP contribution in [-0.4, -0.2) is 20.4 Å². The van der Waals surface area contributed by atoms with E-state index in [9.17, 15) is 8.42 Å². The molecule has 1 aromatic rings. The second kappa shape index (κ2) is 3.21. The fraction of sp³-hybridized carbons (Fsp3) is 0.400. The van der Waals surface area contributed by atoms with E-state index >= 15 is 0 Å². The first-order chi connectivity index (χ1) is 6.99. The molecule has 1 aromatic carbocycles. The van der Waals surface area contributed by atoms with Gasteiger partial charge in [-0.3, -0.25) is 0 Å². The number of hydrogen-bond donors (Lipinski definition) is 1. The van der Waals surface area contributed by atoms with Crippen LogP contribution in [0.4, 0.5) is 0 Å². The highest BCUT2D eigenvalue weighted by Crippen LogP contribution is 2.41. The van der Waals surface area contributed by atoms with Crippen LogP contribution >= 0.6 is 0 Å². The Balaban J connectivity index is 2.38. The van der Waals surface area contributed by atoms with Crippen molar-refractivity contribution in [3.63, 3.8) is 0 Å². The molecule has 0 amide bonds. The molecule has 1 fully saturated rings. The number of hydrogen-bond acceptors (Lipinski definition) is 4. The summed E-state index contributed by atoms with van der Waals surface area (Å²) in [6.07, 6.45) is 1.09. The van der Waals surface area contributed by atoms with E-state index in [2.05, 4.69) is 0 Å². The molecule has 0 heterocycles. The van der Waals surface area contributed by atoms with Crippen LogP contribution < -0.4 is 10.5 Å². The quantitative estimate of drug-likeness (QED) is 0.833. The highest BCUT2D eigenvalue weighted by molar-refractivity contribution is 7.93. The van der Waals surface area contributed by atoms with E-state index in [1.54, 1.807) is 12.1 Å². The molecule has 82 valence electrons. The first-order valence-corrected chi connectivity index (χ1v) is 6.15. The van der Waals surface area contributed by atoms with E-state index < -0.39 is 14.7 Å². The lowest BCUT2D eigenvalue weighted by molar-refractivity contribution is 0.414. The summed E-state index contributed by atoms with van der Waals surface area (Å²) in [7, 11) is -1.83. The molecule has 15 heavy (non-hydrogen) atoms. The predicted molar refractivity (Wildman–Crippen MR) is 56.3 cm³/mol. The van der Waals surface area contributed by atoms with E-state index in [1.807, 2.05) is 0 Å². The van der Waals surface area contributed by atoms with Crippen LogP contribution in [0.2, 0.25) is 0 Å². The number of sulfone groups is 1. The lowest BCUT2D eigenvalue weighted by atomic mass is 10.3. The summed E-state index contributed by atoms with van der Waals surface area (Å²) in [4.78, 5) is -0.759. The molecule has 0 unspecified atom stereocenters. The van der Waals surface area contributed by atoms with Gasteiger partial charge in [-0.05, 0) is 37.1 Å².